The molecule has 1 aliphatic carbocycles. The van der Waals surface area contributed by atoms with Crippen LogP contribution in [0.2, 0.25) is 0 Å². The molecule has 0 aromatic carbocycles. The van der Waals surface area contributed by atoms with Crippen LogP contribution in [0.5, 0.6) is 0 Å². The van der Waals surface area contributed by atoms with Crippen LogP contribution in [-0.2, 0) is 19.1 Å². The highest BCUT2D eigenvalue weighted by molar-refractivity contribution is 5.88. The van der Waals surface area contributed by atoms with E-state index >= 15 is 0 Å². The van der Waals surface area contributed by atoms with Crippen molar-refractivity contribution in [3.05, 3.63) is 0 Å². The molecule has 2 aliphatic rings. The van der Waals surface area contributed by atoms with E-state index < -0.39 is 12.0 Å². The van der Waals surface area contributed by atoms with E-state index in [2.05, 4.69) is 10.1 Å². The Morgan fingerprint density at radius 3 is 2.71 bits per heavy atom. The SMILES string of the molecule is CCN(C(=O)CN1CCNC(=O)C1CC(=O)OC)C1CC1. The second kappa shape index (κ2) is 6.89. The van der Waals surface area contributed by atoms with Crippen molar-refractivity contribution in [2.45, 2.75) is 38.3 Å². The van der Waals surface area contributed by atoms with Crippen LogP contribution in [0.3, 0.4) is 0 Å². The lowest BCUT2D eigenvalue weighted by molar-refractivity contribution is -0.147. The summed E-state index contributed by atoms with van der Waals surface area (Å²) < 4.78 is 4.63. The van der Waals surface area contributed by atoms with Crippen LogP contribution >= 0.6 is 0 Å². The van der Waals surface area contributed by atoms with Crippen molar-refractivity contribution in [2.75, 3.05) is 33.3 Å². The monoisotopic (exact) mass is 297 g/mol. The van der Waals surface area contributed by atoms with E-state index in [9.17, 15) is 14.4 Å². The molecule has 1 aliphatic heterocycles. The molecule has 2 amide bonds. The number of nitrogens with one attached hydrogen (secondary N) is 1. The van der Waals surface area contributed by atoms with Crippen molar-refractivity contribution >= 4 is 17.8 Å². The first-order valence-corrected chi connectivity index (χ1v) is 7.44. The van der Waals surface area contributed by atoms with Gasteiger partial charge in [-0.05, 0) is 19.8 Å². The first-order chi connectivity index (χ1) is 10.1. The van der Waals surface area contributed by atoms with Crippen LogP contribution in [0, 0.1) is 0 Å². The predicted molar refractivity (Wildman–Crippen MR) is 75.4 cm³/mol. The van der Waals surface area contributed by atoms with Crippen LogP contribution in [0.25, 0.3) is 0 Å². The van der Waals surface area contributed by atoms with Crippen molar-refractivity contribution in [3.63, 3.8) is 0 Å². The van der Waals surface area contributed by atoms with Gasteiger partial charge in [0.15, 0.2) is 0 Å². The van der Waals surface area contributed by atoms with Crippen molar-refractivity contribution in [2.24, 2.45) is 0 Å². The van der Waals surface area contributed by atoms with Crippen molar-refractivity contribution < 1.29 is 19.1 Å². The second-order valence-corrected chi connectivity index (χ2v) is 5.47. The number of carbonyl (C=O) groups is 3. The number of nitrogens with zero attached hydrogens (tertiary/aromatic N) is 2. The minimum Gasteiger partial charge on any atom is -0.469 e. The Balaban J connectivity index is 1.98. The van der Waals surface area contributed by atoms with Crippen LogP contribution in [0.15, 0.2) is 0 Å². The summed E-state index contributed by atoms with van der Waals surface area (Å²) in [6.07, 6.45) is 2.10. The maximum atomic E-state index is 12.4. The van der Waals surface area contributed by atoms with Gasteiger partial charge >= 0.3 is 5.97 Å². The molecule has 1 saturated carbocycles. The van der Waals surface area contributed by atoms with E-state index in [-0.39, 0.29) is 24.8 Å². The van der Waals surface area contributed by atoms with Crippen LogP contribution in [0.4, 0.5) is 0 Å². The van der Waals surface area contributed by atoms with Gasteiger partial charge in [-0.1, -0.05) is 0 Å². The zero-order valence-corrected chi connectivity index (χ0v) is 12.6. The van der Waals surface area contributed by atoms with E-state index in [0.717, 1.165) is 12.8 Å². The van der Waals surface area contributed by atoms with Crippen molar-refractivity contribution in [3.8, 4) is 0 Å². The molecule has 2 rings (SSSR count). The molecule has 7 heteroatoms. The third-order valence-corrected chi connectivity index (χ3v) is 4.02. The quantitative estimate of drug-likeness (QED) is 0.660. The van der Waals surface area contributed by atoms with Gasteiger partial charge in [-0.3, -0.25) is 19.3 Å². The van der Waals surface area contributed by atoms with Gasteiger partial charge in [0.1, 0.15) is 6.04 Å². The predicted octanol–water partition coefficient (Wildman–Crippen LogP) is -0.639. The third kappa shape index (κ3) is 3.93. The molecular formula is C14H23N3O4. The third-order valence-electron chi connectivity index (χ3n) is 4.02. The molecule has 118 valence electrons. The number of methoxy groups -OCH3 is 1. The Hall–Kier alpha value is -1.63. The van der Waals surface area contributed by atoms with Gasteiger partial charge in [0, 0.05) is 25.7 Å². The zero-order valence-electron chi connectivity index (χ0n) is 12.6. The minimum atomic E-state index is -0.618. The summed E-state index contributed by atoms with van der Waals surface area (Å²) in [6, 6.07) is -0.256. The van der Waals surface area contributed by atoms with E-state index in [1.807, 2.05) is 11.8 Å². The average molecular weight is 297 g/mol. The molecule has 21 heavy (non-hydrogen) atoms. The summed E-state index contributed by atoms with van der Waals surface area (Å²) in [7, 11) is 1.30. The molecule has 0 aromatic rings. The van der Waals surface area contributed by atoms with Crippen LogP contribution < -0.4 is 5.32 Å². The van der Waals surface area contributed by atoms with Gasteiger partial charge in [-0.15, -0.1) is 0 Å². The lowest BCUT2D eigenvalue weighted by atomic mass is 10.1. The fourth-order valence-corrected chi connectivity index (χ4v) is 2.70. The van der Waals surface area contributed by atoms with E-state index in [4.69, 9.17) is 0 Å². The van der Waals surface area contributed by atoms with Crippen LogP contribution in [-0.4, -0.2) is 73.0 Å². The highest BCUT2D eigenvalue weighted by Crippen LogP contribution is 2.26. The highest BCUT2D eigenvalue weighted by Gasteiger charge is 2.36. The maximum absolute atomic E-state index is 12.4. The molecule has 1 saturated heterocycles. The number of esters is 1. The molecule has 1 unspecified atom stereocenters. The first kappa shape index (κ1) is 15.8. The number of piperazine rings is 1. The molecule has 0 aromatic heterocycles. The largest absolute Gasteiger partial charge is 0.469 e. The summed E-state index contributed by atoms with van der Waals surface area (Å²) >= 11 is 0. The summed E-state index contributed by atoms with van der Waals surface area (Å²) in [6.45, 7) is 3.90. The number of ether oxygens (including phenoxy) is 1. The Kier molecular flexibility index (Phi) is 5.17. The molecule has 2 fully saturated rings. The molecule has 7 nitrogen and oxygen atoms in total. The molecular weight excluding hydrogens is 274 g/mol. The minimum absolute atomic E-state index is 0.0227. The number of rotatable bonds is 6. The fraction of sp³-hybridized carbons (Fsp3) is 0.786. The molecule has 0 radical (unpaired) electrons. The number of carbonyl (C=O) groups excluding carboxylic acids is 3. The summed E-state index contributed by atoms with van der Waals surface area (Å²) in [5.41, 5.74) is 0. The normalized spacial score (nSPS) is 22.6. The van der Waals surface area contributed by atoms with Crippen molar-refractivity contribution in [1.82, 2.24) is 15.1 Å². The second-order valence-electron chi connectivity index (χ2n) is 5.47. The molecule has 0 bridgehead atoms. The van der Waals surface area contributed by atoms with E-state index in [0.29, 0.717) is 25.7 Å². The Morgan fingerprint density at radius 1 is 1.43 bits per heavy atom. The van der Waals surface area contributed by atoms with Gasteiger partial charge in [-0.25, -0.2) is 0 Å². The van der Waals surface area contributed by atoms with Gasteiger partial charge in [-0.2, -0.15) is 0 Å². The van der Waals surface area contributed by atoms with Crippen molar-refractivity contribution in [1.29, 1.82) is 0 Å². The first-order valence-electron chi connectivity index (χ1n) is 7.44. The zero-order chi connectivity index (χ0) is 15.4. The van der Waals surface area contributed by atoms with Gasteiger partial charge < -0.3 is 15.0 Å². The summed E-state index contributed by atoms with van der Waals surface area (Å²) in [5, 5.41) is 2.73. The van der Waals surface area contributed by atoms with Gasteiger partial charge in [0.05, 0.1) is 20.1 Å². The van der Waals surface area contributed by atoms with Crippen LogP contribution in [0.1, 0.15) is 26.2 Å². The Bertz CT molecular complexity index is 422. The summed E-state index contributed by atoms with van der Waals surface area (Å²) in [4.78, 5) is 39.4. The number of likely N-dealkylation sites (N-methyl/N-ethyl adjacent to an activating group) is 1. The molecule has 1 atom stereocenters. The lowest BCUT2D eigenvalue weighted by Crippen LogP contribution is -2.58. The van der Waals surface area contributed by atoms with E-state index in [1.54, 1.807) is 4.90 Å². The number of hydrogen-bond donors (Lipinski definition) is 1. The van der Waals surface area contributed by atoms with Gasteiger partial charge in [0.25, 0.3) is 0 Å². The Morgan fingerprint density at radius 2 is 2.14 bits per heavy atom. The molecule has 1 heterocycles. The lowest BCUT2D eigenvalue weighted by Gasteiger charge is -2.35. The smallest absolute Gasteiger partial charge is 0.307 e. The standard InChI is InChI=1S/C14H23N3O4/c1-3-17(10-4-5-10)12(18)9-16-7-6-15-14(20)11(16)8-13(19)21-2/h10-11H,3-9H2,1-2H3,(H,15,20). The highest BCUT2D eigenvalue weighted by atomic mass is 16.5. The van der Waals surface area contributed by atoms with Gasteiger partial charge in [0.2, 0.25) is 11.8 Å². The summed E-state index contributed by atoms with van der Waals surface area (Å²) in [5.74, 6) is -0.623. The number of hydrogen-bond acceptors (Lipinski definition) is 5. The molecule has 1 N–H and O–H groups in total. The number of amides is 2. The van der Waals surface area contributed by atoms with E-state index in [1.165, 1.54) is 7.11 Å². The topological polar surface area (TPSA) is 79.0 Å². The maximum Gasteiger partial charge on any atom is 0.307 e. The Labute approximate surface area is 124 Å². The fourth-order valence-electron chi connectivity index (χ4n) is 2.70. The average Bonchev–Trinajstić information content (AvgIpc) is 3.28. The molecule has 0 spiro atoms.